The van der Waals surface area contributed by atoms with Gasteiger partial charge in [-0.25, -0.2) is 0 Å². The predicted octanol–water partition coefficient (Wildman–Crippen LogP) is 2.66. The number of piperidine rings is 1. The van der Waals surface area contributed by atoms with Gasteiger partial charge in [0.05, 0.1) is 0 Å². The third-order valence-electron chi connectivity index (χ3n) is 3.86. The van der Waals surface area contributed by atoms with Crippen molar-refractivity contribution < 1.29 is 4.79 Å². The maximum atomic E-state index is 12.1. The SMILES string of the molecule is CNCCC1CCN(C(=O)CCC(C)(C)C)CC1. The lowest BCUT2D eigenvalue weighted by atomic mass is 9.89. The Morgan fingerprint density at radius 2 is 1.89 bits per heavy atom. The molecule has 0 radical (unpaired) electrons. The lowest BCUT2D eigenvalue weighted by molar-refractivity contribution is -0.133. The second-order valence-electron chi connectivity index (χ2n) is 6.78. The molecule has 1 aliphatic heterocycles. The van der Waals surface area contributed by atoms with Crippen LogP contribution in [0.3, 0.4) is 0 Å². The average molecular weight is 254 g/mol. The number of likely N-dealkylation sites (tertiary alicyclic amines) is 1. The van der Waals surface area contributed by atoms with Crippen molar-refractivity contribution in [2.45, 2.75) is 52.9 Å². The summed E-state index contributed by atoms with van der Waals surface area (Å²) in [6.07, 6.45) is 5.32. The van der Waals surface area contributed by atoms with Crippen LogP contribution < -0.4 is 5.32 Å². The van der Waals surface area contributed by atoms with Crippen molar-refractivity contribution in [1.29, 1.82) is 0 Å². The summed E-state index contributed by atoms with van der Waals surface area (Å²) in [6, 6.07) is 0. The van der Waals surface area contributed by atoms with Crippen LogP contribution in [0.1, 0.15) is 52.9 Å². The number of amides is 1. The molecule has 1 heterocycles. The summed E-state index contributed by atoms with van der Waals surface area (Å²) in [5, 5.41) is 3.21. The van der Waals surface area contributed by atoms with Gasteiger partial charge in [-0.15, -0.1) is 0 Å². The number of carbonyl (C=O) groups excluding carboxylic acids is 1. The highest BCUT2D eigenvalue weighted by atomic mass is 16.2. The van der Waals surface area contributed by atoms with E-state index in [1.54, 1.807) is 0 Å². The predicted molar refractivity (Wildman–Crippen MR) is 76.5 cm³/mol. The molecular weight excluding hydrogens is 224 g/mol. The van der Waals surface area contributed by atoms with Gasteiger partial charge in [0.25, 0.3) is 0 Å². The summed E-state index contributed by atoms with van der Waals surface area (Å²) >= 11 is 0. The molecule has 0 bridgehead atoms. The van der Waals surface area contributed by atoms with E-state index < -0.39 is 0 Å². The summed E-state index contributed by atoms with van der Waals surface area (Å²) in [5.41, 5.74) is 0.265. The van der Waals surface area contributed by atoms with Crippen molar-refractivity contribution in [2.75, 3.05) is 26.7 Å². The van der Waals surface area contributed by atoms with Crippen LogP contribution in [0.25, 0.3) is 0 Å². The fourth-order valence-corrected chi connectivity index (χ4v) is 2.46. The zero-order valence-corrected chi connectivity index (χ0v) is 12.6. The van der Waals surface area contributed by atoms with Crippen molar-refractivity contribution >= 4 is 5.91 Å². The number of rotatable bonds is 5. The molecule has 0 saturated carbocycles. The molecule has 3 heteroatoms. The first-order valence-electron chi connectivity index (χ1n) is 7.35. The molecule has 1 saturated heterocycles. The van der Waals surface area contributed by atoms with E-state index in [1.807, 2.05) is 7.05 Å². The van der Waals surface area contributed by atoms with E-state index in [2.05, 4.69) is 31.0 Å². The van der Waals surface area contributed by atoms with E-state index in [1.165, 1.54) is 19.3 Å². The Morgan fingerprint density at radius 1 is 1.28 bits per heavy atom. The second kappa shape index (κ2) is 7.13. The molecule has 1 amide bonds. The third-order valence-corrected chi connectivity index (χ3v) is 3.86. The smallest absolute Gasteiger partial charge is 0.222 e. The average Bonchev–Trinajstić information content (AvgIpc) is 2.33. The molecule has 0 atom stereocenters. The first kappa shape index (κ1) is 15.5. The van der Waals surface area contributed by atoms with Crippen molar-refractivity contribution in [3.8, 4) is 0 Å². The maximum Gasteiger partial charge on any atom is 0.222 e. The minimum Gasteiger partial charge on any atom is -0.343 e. The van der Waals surface area contributed by atoms with Crippen LogP contribution in [0, 0.1) is 11.3 Å². The van der Waals surface area contributed by atoms with Crippen LogP contribution in [-0.2, 0) is 4.79 Å². The fourth-order valence-electron chi connectivity index (χ4n) is 2.46. The molecule has 1 fully saturated rings. The molecule has 1 aliphatic rings. The number of hydrogen-bond acceptors (Lipinski definition) is 2. The molecule has 1 N–H and O–H groups in total. The number of carbonyl (C=O) groups is 1. The quantitative estimate of drug-likeness (QED) is 0.818. The van der Waals surface area contributed by atoms with Crippen molar-refractivity contribution in [1.82, 2.24) is 10.2 Å². The van der Waals surface area contributed by atoms with E-state index in [0.717, 1.165) is 32.0 Å². The minimum absolute atomic E-state index is 0.265. The first-order chi connectivity index (χ1) is 8.42. The molecule has 0 aromatic heterocycles. The molecule has 3 nitrogen and oxygen atoms in total. The van der Waals surface area contributed by atoms with Gasteiger partial charge in [-0.2, -0.15) is 0 Å². The van der Waals surface area contributed by atoms with E-state index in [0.29, 0.717) is 12.3 Å². The Hall–Kier alpha value is -0.570. The van der Waals surface area contributed by atoms with Gasteiger partial charge in [-0.05, 0) is 50.6 Å². The molecule has 0 aromatic carbocycles. The van der Waals surface area contributed by atoms with E-state index in [9.17, 15) is 4.79 Å². The molecular formula is C15H30N2O. The highest BCUT2D eigenvalue weighted by Gasteiger charge is 2.23. The van der Waals surface area contributed by atoms with Gasteiger partial charge in [0, 0.05) is 19.5 Å². The molecule has 1 rings (SSSR count). The molecule has 0 spiro atoms. The zero-order chi connectivity index (χ0) is 13.6. The Kier molecular flexibility index (Phi) is 6.13. The van der Waals surface area contributed by atoms with Gasteiger partial charge in [-0.3, -0.25) is 4.79 Å². The van der Waals surface area contributed by atoms with Gasteiger partial charge < -0.3 is 10.2 Å². The molecule has 106 valence electrons. The topological polar surface area (TPSA) is 32.3 Å². The third kappa shape index (κ3) is 5.85. The van der Waals surface area contributed by atoms with Crippen LogP contribution in [0.2, 0.25) is 0 Å². The van der Waals surface area contributed by atoms with E-state index in [4.69, 9.17) is 0 Å². The fraction of sp³-hybridized carbons (Fsp3) is 0.933. The summed E-state index contributed by atoms with van der Waals surface area (Å²) in [4.78, 5) is 14.2. The second-order valence-corrected chi connectivity index (χ2v) is 6.78. The maximum absolute atomic E-state index is 12.1. The zero-order valence-electron chi connectivity index (χ0n) is 12.6. The van der Waals surface area contributed by atoms with Crippen LogP contribution in [0.4, 0.5) is 0 Å². The standard InChI is InChI=1S/C15H30N2O/c1-15(2,3)9-5-14(18)17-11-7-13(8-12-17)6-10-16-4/h13,16H,5-12H2,1-4H3. The van der Waals surface area contributed by atoms with Crippen molar-refractivity contribution in [3.05, 3.63) is 0 Å². The number of hydrogen-bond donors (Lipinski definition) is 1. The summed E-state index contributed by atoms with van der Waals surface area (Å²) in [7, 11) is 2.01. The minimum atomic E-state index is 0.265. The molecule has 0 aliphatic carbocycles. The molecule has 18 heavy (non-hydrogen) atoms. The lowest BCUT2D eigenvalue weighted by Gasteiger charge is -2.32. The largest absolute Gasteiger partial charge is 0.343 e. The van der Waals surface area contributed by atoms with E-state index >= 15 is 0 Å². The van der Waals surface area contributed by atoms with Gasteiger partial charge >= 0.3 is 0 Å². The molecule has 0 aromatic rings. The Morgan fingerprint density at radius 3 is 2.39 bits per heavy atom. The van der Waals surface area contributed by atoms with Gasteiger partial charge in [-0.1, -0.05) is 20.8 Å². The summed E-state index contributed by atoms with van der Waals surface area (Å²) in [5.74, 6) is 1.17. The Bertz CT molecular complexity index is 250. The molecule has 0 unspecified atom stereocenters. The highest BCUT2D eigenvalue weighted by molar-refractivity contribution is 5.76. The first-order valence-corrected chi connectivity index (χ1v) is 7.35. The Balaban J connectivity index is 2.23. The van der Waals surface area contributed by atoms with Crippen LogP contribution in [0.5, 0.6) is 0 Å². The van der Waals surface area contributed by atoms with Crippen LogP contribution in [-0.4, -0.2) is 37.5 Å². The monoisotopic (exact) mass is 254 g/mol. The van der Waals surface area contributed by atoms with E-state index in [-0.39, 0.29) is 5.41 Å². The Labute approximate surface area is 112 Å². The van der Waals surface area contributed by atoms with Gasteiger partial charge in [0.2, 0.25) is 5.91 Å². The van der Waals surface area contributed by atoms with Crippen LogP contribution >= 0.6 is 0 Å². The lowest BCUT2D eigenvalue weighted by Crippen LogP contribution is -2.39. The van der Waals surface area contributed by atoms with Crippen LogP contribution in [0.15, 0.2) is 0 Å². The van der Waals surface area contributed by atoms with Crippen molar-refractivity contribution in [3.63, 3.8) is 0 Å². The number of nitrogens with zero attached hydrogens (tertiary/aromatic N) is 1. The van der Waals surface area contributed by atoms with Gasteiger partial charge in [0.15, 0.2) is 0 Å². The number of nitrogens with one attached hydrogen (secondary N) is 1. The summed E-state index contributed by atoms with van der Waals surface area (Å²) < 4.78 is 0. The van der Waals surface area contributed by atoms with Crippen molar-refractivity contribution in [2.24, 2.45) is 11.3 Å². The summed E-state index contributed by atoms with van der Waals surface area (Å²) in [6.45, 7) is 9.64. The van der Waals surface area contributed by atoms with Gasteiger partial charge in [0.1, 0.15) is 0 Å². The normalized spacial score (nSPS) is 18.1. The highest BCUT2D eigenvalue weighted by Crippen LogP contribution is 2.24.